The molecule has 0 aliphatic carbocycles. The number of hydrogen-bond donors (Lipinski definition) is 0. The minimum Gasteiger partial charge on any atom is -0.463 e. The molecule has 0 aromatic heterocycles. The molecule has 0 spiro atoms. The van der Waals surface area contributed by atoms with Crippen molar-refractivity contribution in [2.24, 2.45) is 0 Å². The van der Waals surface area contributed by atoms with E-state index in [4.69, 9.17) is 52.1 Å². The number of carbonyl (C=O) groups excluding carboxylic acids is 7. The fourth-order valence-corrected chi connectivity index (χ4v) is 8.10. The highest BCUT2D eigenvalue weighted by molar-refractivity contribution is 9.11. The number of methoxy groups -OCH3 is 1. The highest BCUT2D eigenvalue weighted by Gasteiger charge is 2.58. The van der Waals surface area contributed by atoms with Crippen LogP contribution in [0.3, 0.4) is 0 Å². The average Bonchev–Trinajstić information content (AvgIpc) is 3.31. The Balaban J connectivity index is 1.53. The Labute approximate surface area is 428 Å². The topological polar surface area (TPSA) is 221 Å². The molecule has 6 rings (SSSR count). The van der Waals surface area contributed by atoms with Crippen molar-refractivity contribution in [1.82, 2.24) is 0 Å². The minimum absolute atomic E-state index is 0.00173. The summed E-state index contributed by atoms with van der Waals surface area (Å²) in [5.41, 5.74) is 0.141. The summed E-state index contributed by atoms with van der Waals surface area (Å²) in [6, 6.07) is 24.3. The molecule has 0 bridgehead atoms. The molecule has 2 saturated heterocycles. The Kier molecular flexibility index (Phi) is 19.0. The summed E-state index contributed by atoms with van der Waals surface area (Å²) in [5, 5.41) is 0. The van der Waals surface area contributed by atoms with E-state index < -0.39 is 116 Å². The van der Waals surface area contributed by atoms with Crippen molar-refractivity contribution in [3.63, 3.8) is 0 Å². The van der Waals surface area contributed by atoms with Crippen LogP contribution in [0.25, 0.3) is 0 Å². The van der Waals surface area contributed by atoms with Gasteiger partial charge in [0.1, 0.15) is 31.5 Å². The third kappa shape index (κ3) is 14.5. The fourth-order valence-electron chi connectivity index (χ4n) is 7.05. The standard InChI is InChI=1S/C47H42Br4O18/c1-23(52)60-21-34-36(62-24(2)53)39(40(63-25(3)54)46(59-4)64-34)69-47-41(68-45(58)29-11-19-33(51)20-12-29)38(67-44(57)28-9-17-32(50)18-10-28)37(66-43(56)27-7-15-31(49)16-8-27)35(65-47)22-61-42(55)26-5-13-30(48)14-6-26/h5-20,34-41,46-47H,21-22H2,1-4H3/t34-,35-,36-,37-,38+,39+,40-,41-,46+,47+/m1/s1. The zero-order valence-electron chi connectivity index (χ0n) is 36.8. The summed E-state index contributed by atoms with van der Waals surface area (Å²) in [4.78, 5) is 93.9. The molecule has 22 heteroatoms. The van der Waals surface area contributed by atoms with Crippen molar-refractivity contribution in [1.29, 1.82) is 0 Å². The van der Waals surface area contributed by atoms with E-state index in [0.717, 1.165) is 20.8 Å². The summed E-state index contributed by atoms with van der Waals surface area (Å²) < 4.78 is 68.3. The first-order valence-electron chi connectivity index (χ1n) is 20.7. The molecule has 2 aliphatic heterocycles. The molecule has 2 fully saturated rings. The van der Waals surface area contributed by atoms with Crippen molar-refractivity contribution in [2.45, 2.75) is 82.2 Å². The summed E-state index contributed by atoms with van der Waals surface area (Å²) >= 11 is 13.4. The second-order valence-corrected chi connectivity index (χ2v) is 18.8. The van der Waals surface area contributed by atoms with Crippen LogP contribution < -0.4 is 0 Å². The molecular formula is C47H42Br4O18. The Morgan fingerprint density at radius 1 is 0.406 bits per heavy atom. The Bertz CT molecular complexity index is 2470. The lowest BCUT2D eigenvalue weighted by atomic mass is 9.95. The normalized spacial score (nSPS) is 24.2. The van der Waals surface area contributed by atoms with Gasteiger partial charge in [-0.05, 0) is 97.1 Å². The highest BCUT2D eigenvalue weighted by atomic mass is 79.9. The molecule has 2 aliphatic rings. The molecule has 0 saturated carbocycles. The third-order valence-electron chi connectivity index (χ3n) is 10.2. The first-order valence-corrected chi connectivity index (χ1v) is 23.9. The summed E-state index contributed by atoms with van der Waals surface area (Å²) in [7, 11) is 1.21. The van der Waals surface area contributed by atoms with E-state index in [1.807, 2.05) is 0 Å². The summed E-state index contributed by atoms with van der Waals surface area (Å²) in [6.07, 6.45) is -17.0. The third-order valence-corrected chi connectivity index (χ3v) is 12.3. The number of carbonyl (C=O) groups is 7. The van der Waals surface area contributed by atoms with E-state index in [0.29, 0.717) is 17.9 Å². The molecule has 0 unspecified atom stereocenters. The summed E-state index contributed by atoms with van der Waals surface area (Å²) in [6.45, 7) is 2.02. The van der Waals surface area contributed by atoms with Crippen LogP contribution in [0.1, 0.15) is 62.2 Å². The van der Waals surface area contributed by atoms with E-state index in [2.05, 4.69) is 63.7 Å². The predicted octanol–water partition coefficient (Wildman–Crippen LogP) is 7.48. The van der Waals surface area contributed by atoms with Crippen molar-refractivity contribution in [2.75, 3.05) is 20.3 Å². The SMILES string of the molecule is CO[C@H]1O[C@H](COC(C)=O)[C@@H](OC(C)=O)[C@H](O[C@@H]2O[C@H](COC(=O)c3ccc(Br)cc3)[C@@H](OC(=O)c3ccc(Br)cc3)[C@H](OC(=O)c3ccc(Br)cc3)[C@H]2OC(=O)c2ccc(Br)cc2)[C@H]1OC(C)=O. The van der Waals surface area contributed by atoms with Crippen LogP contribution in [0, 0.1) is 0 Å². The first-order chi connectivity index (χ1) is 32.9. The van der Waals surface area contributed by atoms with Gasteiger partial charge >= 0.3 is 41.8 Å². The van der Waals surface area contributed by atoms with Crippen LogP contribution in [-0.2, 0) is 66.5 Å². The van der Waals surface area contributed by atoms with Crippen LogP contribution >= 0.6 is 63.7 Å². The predicted molar refractivity (Wildman–Crippen MR) is 251 cm³/mol. The van der Waals surface area contributed by atoms with E-state index in [1.54, 1.807) is 48.5 Å². The lowest BCUT2D eigenvalue weighted by molar-refractivity contribution is -0.357. The Morgan fingerprint density at radius 3 is 1.14 bits per heavy atom. The molecule has 4 aromatic rings. The number of esters is 7. The smallest absolute Gasteiger partial charge is 0.338 e. The van der Waals surface area contributed by atoms with E-state index >= 15 is 0 Å². The zero-order chi connectivity index (χ0) is 49.9. The monoisotopic (exact) mass is 1210 g/mol. The number of benzene rings is 4. The van der Waals surface area contributed by atoms with E-state index in [9.17, 15) is 33.6 Å². The van der Waals surface area contributed by atoms with Crippen LogP contribution in [0.2, 0.25) is 0 Å². The fraction of sp³-hybridized carbons (Fsp3) is 0.340. The molecule has 0 N–H and O–H groups in total. The molecule has 4 aromatic carbocycles. The van der Waals surface area contributed by atoms with Crippen LogP contribution in [-0.4, -0.2) is 124 Å². The van der Waals surface area contributed by atoms with Crippen LogP contribution in [0.4, 0.5) is 0 Å². The van der Waals surface area contributed by atoms with Gasteiger partial charge in [0, 0.05) is 45.8 Å². The number of hydrogen-bond acceptors (Lipinski definition) is 18. The van der Waals surface area contributed by atoms with Gasteiger partial charge in [-0.25, -0.2) is 19.2 Å². The molecule has 366 valence electrons. The van der Waals surface area contributed by atoms with Crippen molar-refractivity contribution < 1.29 is 85.7 Å². The maximum atomic E-state index is 14.3. The molecular weight excluding hydrogens is 1170 g/mol. The summed E-state index contributed by atoms with van der Waals surface area (Å²) in [5.74, 6) is -6.33. The van der Waals surface area contributed by atoms with Crippen molar-refractivity contribution in [3.8, 4) is 0 Å². The Hall–Kier alpha value is -5.07. The number of halogens is 4. The number of rotatable bonds is 16. The van der Waals surface area contributed by atoms with E-state index in [1.165, 1.54) is 55.6 Å². The van der Waals surface area contributed by atoms with Gasteiger partial charge in [-0.3, -0.25) is 14.4 Å². The second-order valence-electron chi connectivity index (χ2n) is 15.1. The average molecular weight is 1210 g/mol. The Morgan fingerprint density at radius 2 is 0.739 bits per heavy atom. The quantitative estimate of drug-likeness (QED) is 0.0784. The van der Waals surface area contributed by atoms with Gasteiger partial charge in [0.2, 0.25) is 0 Å². The van der Waals surface area contributed by atoms with Gasteiger partial charge in [-0.15, -0.1) is 0 Å². The highest BCUT2D eigenvalue weighted by Crippen LogP contribution is 2.37. The number of ether oxygens (including phenoxy) is 11. The largest absolute Gasteiger partial charge is 0.463 e. The second kappa shape index (κ2) is 24.7. The maximum Gasteiger partial charge on any atom is 0.338 e. The van der Waals surface area contributed by atoms with Gasteiger partial charge in [-0.1, -0.05) is 63.7 Å². The van der Waals surface area contributed by atoms with Gasteiger partial charge in [0.15, 0.2) is 43.1 Å². The van der Waals surface area contributed by atoms with Crippen molar-refractivity contribution in [3.05, 3.63) is 137 Å². The molecule has 69 heavy (non-hydrogen) atoms. The lowest BCUT2D eigenvalue weighted by Crippen LogP contribution is -2.67. The van der Waals surface area contributed by atoms with Gasteiger partial charge in [0.05, 0.1) is 22.3 Å². The first kappa shape index (κ1) is 53.3. The lowest BCUT2D eigenvalue weighted by Gasteiger charge is -2.48. The molecule has 0 amide bonds. The van der Waals surface area contributed by atoms with Crippen LogP contribution in [0.5, 0.6) is 0 Å². The molecule has 0 radical (unpaired) electrons. The zero-order valence-corrected chi connectivity index (χ0v) is 43.1. The minimum atomic E-state index is -1.99. The maximum absolute atomic E-state index is 14.3. The van der Waals surface area contributed by atoms with Gasteiger partial charge in [0.25, 0.3) is 0 Å². The van der Waals surface area contributed by atoms with E-state index in [-0.39, 0.29) is 22.3 Å². The van der Waals surface area contributed by atoms with Crippen LogP contribution in [0.15, 0.2) is 115 Å². The van der Waals surface area contributed by atoms with Gasteiger partial charge < -0.3 is 52.1 Å². The molecule has 10 atom stereocenters. The molecule has 18 nitrogen and oxygen atoms in total. The molecule has 2 heterocycles. The van der Waals surface area contributed by atoms with Crippen molar-refractivity contribution >= 4 is 106 Å². The van der Waals surface area contributed by atoms with Gasteiger partial charge in [-0.2, -0.15) is 0 Å².